The summed E-state index contributed by atoms with van der Waals surface area (Å²) in [4.78, 5) is 11.8. The van der Waals surface area contributed by atoms with Crippen molar-refractivity contribution in [2.24, 2.45) is 0 Å². The summed E-state index contributed by atoms with van der Waals surface area (Å²) < 4.78 is 35.2. The normalized spacial score (nSPS) is 11.3. The average Bonchev–Trinajstić information content (AvgIpc) is 2.97. The van der Waals surface area contributed by atoms with E-state index in [2.05, 4.69) is 9.59 Å². The van der Waals surface area contributed by atoms with E-state index in [0.29, 0.717) is 10.2 Å². The Morgan fingerprint density at radius 1 is 1.09 bits per heavy atom. The molecule has 3 aromatic rings. The van der Waals surface area contributed by atoms with Gasteiger partial charge in [-0.25, -0.2) is 17.9 Å². The molecular weight excluding hydrogens is 326 g/mol. The first-order chi connectivity index (χ1) is 10.6. The predicted octanol–water partition coefficient (Wildman–Crippen LogP) is 2.17. The van der Waals surface area contributed by atoms with Gasteiger partial charge >= 0.3 is 6.09 Å². The molecule has 0 aliphatic heterocycles. The molecule has 0 bridgehead atoms. The van der Waals surface area contributed by atoms with Crippen LogP contribution < -0.4 is 9.46 Å². The third kappa shape index (κ3) is 2.90. The molecule has 0 aliphatic rings. The first kappa shape index (κ1) is 14.4. The van der Waals surface area contributed by atoms with Gasteiger partial charge in [0.25, 0.3) is 10.0 Å². The van der Waals surface area contributed by atoms with Crippen LogP contribution in [0.1, 0.15) is 0 Å². The largest absolute Gasteiger partial charge is 0.426 e. The Bertz CT molecular complexity index is 923. The maximum atomic E-state index is 12.0. The van der Waals surface area contributed by atoms with E-state index in [1.54, 1.807) is 30.3 Å². The van der Waals surface area contributed by atoms with Crippen molar-refractivity contribution in [2.45, 2.75) is 4.90 Å². The minimum Gasteiger partial charge on any atom is -0.408 e. The number of amides is 1. The van der Waals surface area contributed by atoms with Crippen LogP contribution in [0.5, 0.6) is 5.75 Å². The van der Waals surface area contributed by atoms with Gasteiger partial charge in [-0.15, -0.1) is 5.10 Å². The first-order valence-electron chi connectivity index (χ1n) is 6.07. The summed E-state index contributed by atoms with van der Waals surface area (Å²) in [6.45, 7) is 0. The molecule has 9 heteroatoms. The smallest absolute Gasteiger partial charge is 0.408 e. The molecule has 0 aliphatic carbocycles. The molecule has 0 spiro atoms. The minimum absolute atomic E-state index is 0.0235. The maximum Gasteiger partial charge on any atom is 0.426 e. The Balaban J connectivity index is 1.80. The number of hydrogen-bond acceptors (Lipinski definition) is 7. The number of aromatic nitrogens is 2. The SMILES string of the molecule is O=C(NS(=O)(=O)c1ccccc1)Oc1cccc2nnsc12. The molecule has 0 fully saturated rings. The molecule has 0 saturated carbocycles. The lowest BCUT2D eigenvalue weighted by Crippen LogP contribution is -2.33. The molecule has 112 valence electrons. The molecule has 22 heavy (non-hydrogen) atoms. The fourth-order valence-electron chi connectivity index (χ4n) is 1.75. The number of rotatable bonds is 3. The summed E-state index contributed by atoms with van der Waals surface area (Å²) in [6.07, 6.45) is -1.09. The lowest BCUT2D eigenvalue weighted by molar-refractivity contribution is 0.207. The molecule has 0 atom stereocenters. The van der Waals surface area contributed by atoms with Gasteiger partial charge in [-0.05, 0) is 35.8 Å². The van der Waals surface area contributed by atoms with Gasteiger partial charge in [0.1, 0.15) is 10.2 Å². The van der Waals surface area contributed by atoms with Crippen molar-refractivity contribution in [2.75, 3.05) is 0 Å². The highest BCUT2D eigenvalue weighted by molar-refractivity contribution is 7.90. The Labute approximate surface area is 129 Å². The number of nitrogens with zero attached hydrogens (tertiary/aromatic N) is 2. The van der Waals surface area contributed by atoms with E-state index in [0.717, 1.165) is 11.5 Å². The van der Waals surface area contributed by atoms with Gasteiger partial charge in [0.2, 0.25) is 0 Å². The number of carbonyl (C=O) groups excluding carboxylic acids is 1. The molecule has 1 N–H and O–H groups in total. The Morgan fingerprint density at radius 2 is 1.86 bits per heavy atom. The molecule has 7 nitrogen and oxygen atoms in total. The van der Waals surface area contributed by atoms with E-state index >= 15 is 0 Å². The zero-order chi connectivity index (χ0) is 15.6. The van der Waals surface area contributed by atoms with E-state index in [-0.39, 0.29) is 10.6 Å². The third-order valence-corrected chi connectivity index (χ3v) is 4.80. The second kappa shape index (κ2) is 5.70. The molecule has 1 amide bonds. The number of hydrogen-bond donors (Lipinski definition) is 1. The number of benzene rings is 2. The van der Waals surface area contributed by atoms with E-state index < -0.39 is 16.1 Å². The topological polar surface area (TPSA) is 98.2 Å². The molecule has 2 aromatic carbocycles. The summed E-state index contributed by atoms with van der Waals surface area (Å²) in [5.41, 5.74) is 0.571. The number of nitrogens with one attached hydrogen (secondary N) is 1. The lowest BCUT2D eigenvalue weighted by Gasteiger charge is -2.07. The van der Waals surface area contributed by atoms with Gasteiger partial charge in [-0.2, -0.15) is 0 Å². The molecule has 0 unspecified atom stereocenters. The highest BCUT2D eigenvalue weighted by atomic mass is 32.2. The van der Waals surface area contributed by atoms with Crippen LogP contribution in [0.15, 0.2) is 53.4 Å². The molecular formula is C13H9N3O4S2. The van der Waals surface area contributed by atoms with Crippen LogP contribution in [0.3, 0.4) is 0 Å². The van der Waals surface area contributed by atoms with Gasteiger partial charge in [-0.1, -0.05) is 28.8 Å². The number of carbonyl (C=O) groups is 1. The monoisotopic (exact) mass is 335 g/mol. The van der Waals surface area contributed by atoms with E-state index in [4.69, 9.17) is 4.74 Å². The molecule has 3 rings (SSSR count). The van der Waals surface area contributed by atoms with Crippen molar-refractivity contribution < 1.29 is 17.9 Å². The van der Waals surface area contributed by atoms with Crippen molar-refractivity contribution in [1.82, 2.24) is 14.3 Å². The van der Waals surface area contributed by atoms with Crippen LogP contribution in [0, 0.1) is 0 Å². The zero-order valence-electron chi connectivity index (χ0n) is 11.0. The second-order valence-electron chi connectivity index (χ2n) is 4.19. The average molecular weight is 335 g/mol. The van der Waals surface area contributed by atoms with E-state index in [9.17, 15) is 13.2 Å². The second-order valence-corrected chi connectivity index (χ2v) is 6.62. The van der Waals surface area contributed by atoms with Crippen LogP contribution in [0.4, 0.5) is 4.79 Å². The Hall–Kier alpha value is -2.52. The Morgan fingerprint density at radius 3 is 2.64 bits per heavy atom. The van der Waals surface area contributed by atoms with Gasteiger partial charge in [0.15, 0.2) is 5.75 Å². The lowest BCUT2D eigenvalue weighted by atomic mass is 10.3. The minimum atomic E-state index is -3.97. The number of fused-ring (bicyclic) bond motifs is 1. The quantitative estimate of drug-likeness (QED) is 0.787. The van der Waals surface area contributed by atoms with Gasteiger partial charge in [0.05, 0.1) is 4.90 Å². The van der Waals surface area contributed by atoms with Crippen molar-refractivity contribution in [3.8, 4) is 5.75 Å². The van der Waals surface area contributed by atoms with Gasteiger partial charge in [0, 0.05) is 0 Å². The Kier molecular flexibility index (Phi) is 3.73. The standard InChI is InChI=1S/C13H9N3O4S2/c17-13(15-22(18,19)9-5-2-1-3-6-9)20-11-8-4-7-10-12(11)21-16-14-10/h1-8H,(H,15,17). The fraction of sp³-hybridized carbons (Fsp3) is 0. The van der Waals surface area contributed by atoms with E-state index in [1.807, 2.05) is 4.72 Å². The van der Waals surface area contributed by atoms with Crippen LogP contribution >= 0.6 is 11.5 Å². The van der Waals surface area contributed by atoms with Crippen LogP contribution in [-0.4, -0.2) is 24.1 Å². The van der Waals surface area contributed by atoms with Gasteiger partial charge in [-0.3, -0.25) is 0 Å². The fourth-order valence-corrected chi connectivity index (χ4v) is 3.26. The molecule has 1 heterocycles. The molecule has 1 aromatic heterocycles. The highest BCUT2D eigenvalue weighted by Crippen LogP contribution is 2.27. The van der Waals surface area contributed by atoms with Gasteiger partial charge < -0.3 is 4.74 Å². The first-order valence-corrected chi connectivity index (χ1v) is 8.33. The molecule has 0 radical (unpaired) electrons. The summed E-state index contributed by atoms with van der Waals surface area (Å²) in [7, 11) is -3.97. The third-order valence-electron chi connectivity index (χ3n) is 2.71. The van der Waals surface area contributed by atoms with Crippen LogP contribution in [-0.2, 0) is 10.0 Å². The number of ether oxygens (including phenoxy) is 1. The van der Waals surface area contributed by atoms with Crippen molar-refractivity contribution in [3.63, 3.8) is 0 Å². The maximum absolute atomic E-state index is 12.0. The summed E-state index contributed by atoms with van der Waals surface area (Å²) in [5, 5.41) is 3.85. The molecule has 0 saturated heterocycles. The highest BCUT2D eigenvalue weighted by Gasteiger charge is 2.19. The van der Waals surface area contributed by atoms with Crippen molar-refractivity contribution >= 4 is 37.9 Å². The number of sulfonamides is 1. The van der Waals surface area contributed by atoms with Crippen molar-refractivity contribution in [3.05, 3.63) is 48.5 Å². The summed E-state index contributed by atoms with van der Waals surface area (Å²) >= 11 is 1.05. The van der Waals surface area contributed by atoms with E-state index in [1.165, 1.54) is 18.2 Å². The van der Waals surface area contributed by atoms with Crippen LogP contribution in [0.2, 0.25) is 0 Å². The summed E-state index contributed by atoms with van der Waals surface area (Å²) in [6, 6.07) is 12.4. The zero-order valence-corrected chi connectivity index (χ0v) is 12.6. The predicted molar refractivity (Wildman–Crippen MR) is 80.2 cm³/mol. The van der Waals surface area contributed by atoms with Crippen molar-refractivity contribution in [1.29, 1.82) is 0 Å². The summed E-state index contributed by atoms with van der Waals surface area (Å²) in [5.74, 6) is 0.202. The van der Waals surface area contributed by atoms with Crippen LogP contribution in [0.25, 0.3) is 10.2 Å².